The molecule has 0 bridgehead atoms. The van der Waals surface area contributed by atoms with Gasteiger partial charge in [0.2, 0.25) is 0 Å². The van der Waals surface area contributed by atoms with Crippen LogP contribution in [-0.4, -0.2) is 31.8 Å². The average Bonchev–Trinajstić information content (AvgIpc) is 3.07. The quantitative estimate of drug-likeness (QED) is 0.596. The number of rotatable bonds is 7. The van der Waals surface area contributed by atoms with Crippen LogP contribution in [0.25, 0.3) is 16.8 Å². The molecule has 0 saturated carbocycles. The molecule has 4 nitrogen and oxygen atoms in total. The van der Waals surface area contributed by atoms with Gasteiger partial charge in [0.05, 0.1) is 5.69 Å². The summed E-state index contributed by atoms with van der Waals surface area (Å²) < 4.78 is 0. The van der Waals surface area contributed by atoms with E-state index in [1.54, 1.807) is 24.6 Å². The number of allylic oxidation sites excluding steroid dienone is 3. The van der Waals surface area contributed by atoms with Crippen LogP contribution in [0.2, 0.25) is 0 Å². The van der Waals surface area contributed by atoms with Crippen LogP contribution in [-0.2, 0) is 0 Å². The van der Waals surface area contributed by atoms with E-state index in [1.807, 2.05) is 19.3 Å². The van der Waals surface area contributed by atoms with Crippen LogP contribution < -0.4 is 10.6 Å². The zero-order chi connectivity index (χ0) is 16.5. The number of anilines is 1. The number of aliphatic imine (C=N–C) groups is 1. The maximum absolute atomic E-state index is 4.57. The molecule has 2 rings (SSSR count). The van der Waals surface area contributed by atoms with Gasteiger partial charge in [0, 0.05) is 37.8 Å². The standard InChI is InChI=1S/C18H22N4S/c1-4-21-11-9-14(8-10-19-2)15-6-5-7-16(12-15)17-13-23-18(20-3)22-17/h5-13,21H,4H2,1-3H3,(H,20,22)/b11-9+,14-8+,19-10?. The minimum absolute atomic E-state index is 0.900. The third kappa shape index (κ3) is 4.79. The number of thiazole rings is 1. The predicted molar refractivity (Wildman–Crippen MR) is 102 cm³/mol. The summed E-state index contributed by atoms with van der Waals surface area (Å²) in [5.74, 6) is 0. The van der Waals surface area contributed by atoms with Crippen molar-refractivity contribution in [3.05, 3.63) is 53.6 Å². The van der Waals surface area contributed by atoms with Crippen molar-refractivity contribution in [3.8, 4) is 11.3 Å². The molecule has 5 heteroatoms. The van der Waals surface area contributed by atoms with Crippen molar-refractivity contribution in [2.45, 2.75) is 6.92 Å². The van der Waals surface area contributed by atoms with E-state index in [0.717, 1.165) is 34.1 Å². The first kappa shape index (κ1) is 17.0. The summed E-state index contributed by atoms with van der Waals surface area (Å²) in [4.78, 5) is 8.62. The summed E-state index contributed by atoms with van der Waals surface area (Å²) >= 11 is 1.61. The van der Waals surface area contributed by atoms with Crippen molar-refractivity contribution in [1.82, 2.24) is 10.3 Å². The zero-order valence-electron chi connectivity index (χ0n) is 13.7. The molecule has 120 valence electrons. The molecular weight excluding hydrogens is 304 g/mol. The molecule has 0 fully saturated rings. The first-order valence-electron chi connectivity index (χ1n) is 7.55. The molecule has 2 N–H and O–H groups in total. The predicted octanol–water partition coefficient (Wildman–Crippen LogP) is 4.06. The van der Waals surface area contributed by atoms with E-state index in [1.165, 1.54) is 0 Å². The molecular formula is C18H22N4S. The number of benzene rings is 1. The van der Waals surface area contributed by atoms with Crippen LogP contribution in [0.1, 0.15) is 12.5 Å². The molecule has 0 radical (unpaired) electrons. The third-order valence-corrected chi connectivity index (χ3v) is 4.06. The van der Waals surface area contributed by atoms with Gasteiger partial charge in [-0.2, -0.15) is 0 Å². The maximum Gasteiger partial charge on any atom is 0.182 e. The largest absolute Gasteiger partial charge is 0.391 e. The molecule has 1 aromatic carbocycles. The third-order valence-electron chi connectivity index (χ3n) is 3.20. The Morgan fingerprint density at radius 2 is 2.26 bits per heavy atom. The number of aromatic nitrogens is 1. The van der Waals surface area contributed by atoms with Gasteiger partial charge in [-0.25, -0.2) is 4.98 Å². The van der Waals surface area contributed by atoms with Gasteiger partial charge in [-0.3, -0.25) is 4.99 Å². The Labute approximate surface area is 141 Å². The number of nitrogens with one attached hydrogen (secondary N) is 2. The second kappa shape index (κ2) is 8.90. The Morgan fingerprint density at radius 1 is 1.39 bits per heavy atom. The van der Waals surface area contributed by atoms with Gasteiger partial charge < -0.3 is 10.6 Å². The minimum Gasteiger partial charge on any atom is -0.391 e. The van der Waals surface area contributed by atoms with E-state index < -0.39 is 0 Å². The Hall–Kier alpha value is -2.40. The Bertz CT molecular complexity index is 713. The van der Waals surface area contributed by atoms with Crippen LogP contribution in [0.4, 0.5) is 5.13 Å². The van der Waals surface area contributed by atoms with E-state index in [0.29, 0.717) is 0 Å². The molecule has 23 heavy (non-hydrogen) atoms. The second-order valence-corrected chi connectivity index (χ2v) is 5.65. The zero-order valence-corrected chi connectivity index (χ0v) is 14.5. The first-order valence-corrected chi connectivity index (χ1v) is 8.43. The van der Waals surface area contributed by atoms with E-state index in [-0.39, 0.29) is 0 Å². The molecule has 0 aliphatic heterocycles. The lowest BCUT2D eigenvalue weighted by atomic mass is 10.0. The Balaban J connectivity index is 2.34. The molecule has 0 spiro atoms. The van der Waals surface area contributed by atoms with Crippen molar-refractivity contribution in [2.75, 3.05) is 26.0 Å². The maximum atomic E-state index is 4.57. The lowest BCUT2D eigenvalue weighted by Crippen LogP contribution is -2.01. The van der Waals surface area contributed by atoms with Crippen LogP contribution in [0.15, 0.2) is 53.0 Å². The lowest BCUT2D eigenvalue weighted by molar-refractivity contribution is 0.920. The van der Waals surface area contributed by atoms with Gasteiger partial charge >= 0.3 is 0 Å². The number of hydrogen-bond acceptors (Lipinski definition) is 5. The van der Waals surface area contributed by atoms with Gasteiger partial charge in [-0.1, -0.05) is 18.2 Å². The molecule has 0 amide bonds. The molecule has 2 aromatic rings. The van der Waals surface area contributed by atoms with Crippen molar-refractivity contribution in [1.29, 1.82) is 0 Å². The fraction of sp³-hybridized carbons (Fsp3) is 0.222. The number of hydrogen-bond donors (Lipinski definition) is 2. The summed E-state index contributed by atoms with van der Waals surface area (Å²) in [5, 5.41) is 9.26. The van der Waals surface area contributed by atoms with Gasteiger partial charge in [0.1, 0.15) is 0 Å². The topological polar surface area (TPSA) is 49.3 Å². The van der Waals surface area contributed by atoms with Crippen LogP contribution >= 0.6 is 11.3 Å². The van der Waals surface area contributed by atoms with Crippen molar-refractivity contribution in [2.24, 2.45) is 4.99 Å². The minimum atomic E-state index is 0.900. The first-order chi connectivity index (χ1) is 11.3. The Kier molecular flexibility index (Phi) is 6.56. The fourth-order valence-corrected chi connectivity index (χ4v) is 2.73. The van der Waals surface area contributed by atoms with E-state index in [4.69, 9.17) is 0 Å². The van der Waals surface area contributed by atoms with Gasteiger partial charge in [0.15, 0.2) is 5.13 Å². The SMILES string of the molecule is CCN/C=C/C(=C\C=NC)c1cccc(-c2csc(NC)n2)c1. The fourth-order valence-electron chi connectivity index (χ4n) is 2.05. The van der Waals surface area contributed by atoms with Crippen LogP contribution in [0.5, 0.6) is 0 Å². The average molecular weight is 326 g/mol. The van der Waals surface area contributed by atoms with E-state index >= 15 is 0 Å². The molecule has 0 aliphatic carbocycles. The molecule has 0 unspecified atom stereocenters. The van der Waals surface area contributed by atoms with Crippen molar-refractivity contribution >= 4 is 28.3 Å². The monoisotopic (exact) mass is 326 g/mol. The highest BCUT2D eigenvalue weighted by Gasteiger charge is 2.05. The second-order valence-electron chi connectivity index (χ2n) is 4.79. The molecule has 0 saturated heterocycles. The van der Waals surface area contributed by atoms with E-state index in [9.17, 15) is 0 Å². The number of nitrogens with zero attached hydrogens (tertiary/aromatic N) is 2. The summed E-state index contributed by atoms with van der Waals surface area (Å²) in [5.41, 5.74) is 4.33. The van der Waals surface area contributed by atoms with Gasteiger partial charge in [-0.15, -0.1) is 11.3 Å². The Morgan fingerprint density at radius 3 is 2.96 bits per heavy atom. The molecule has 1 heterocycles. The molecule has 0 aliphatic rings. The molecule has 0 atom stereocenters. The van der Waals surface area contributed by atoms with Crippen molar-refractivity contribution in [3.63, 3.8) is 0 Å². The van der Waals surface area contributed by atoms with Crippen molar-refractivity contribution < 1.29 is 0 Å². The van der Waals surface area contributed by atoms with Crippen LogP contribution in [0, 0.1) is 0 Å². The molecule has 1 aromatic heterocycles. The lowest BCUT2D eigenvalue weighted by Gasteiger charge is -2.05. The summed E-state index contributed by atoms with van der Waals surface area (Å²) in [7, 11) is 3.66. The highest BCUT2D eigenvalue weighted by atomic mass is 32.1. The highest BCUT2D eigenvalue weighted by molar-refractivity contribution is 7.14. The van der Waals surface area contributed by atoms with Crippen LogP contribution in [0.3, 0.4) is 0 Å². The summed E-state index contributed by atoms with van der Waals surface area (Å²) in [6.45, 7) is 2.97. The smallest absolute Gasteiger partial charge is 0.182 e. The van der Waals surface area contributed by atoms with Gasteiger partial charge in [0.25, 0.3) is 0 Å². The highest BCUT2D eigenvalue weighted by Crippen LogP contribution is 2.27. The van der Waals surface area contributed by atoms with E-state index in [2.05, 4.69) is 63.3 Å². The summed E-state index contributed by atoms with van der Waals surface area (Å²) in [6, 6.07) is 8.39. The normalized spacial score (nSPS) is 12.2. The van der Waals surface area contributed by atoms with Gasteiger partial charge in [-0.05, 0) is 42.5 Å². The summed E-state index contributed by atoms with van der Waals surface area (Å²) in [6.07, 6.45) is 7.83.